The van der Waals surface area contributed by atoms with Crippen LogP contribution in [0, 0.1) is 18.3 Å². The summed E-state index contributed by atoms with van der Waals surface area (Å²) in [4.78, 5) is 30.9. The van der Waals surface area contributed by atoms with Gasteiger partial charge in [0.1, 0.15) is 15.5 Å². The molecule has 0 aromatic carbocycles. The second-order valence-corrected chi connectivity index (χ2v) is 4.57. The molecule has 6 nitrogen and oxygen atoms in total. The first kappa shape index (κ1) is 12.3. The van der Waals surface area contributed by atoms with E-state index in [4.69, 9.17) is 5.26 Å². The number of carbonyl (C=O) groups excluding carboxylic acids is 1. The quantitative estimate of drug-likeness (QED) is 0.820. The van der Waals surface area contributed by atoms with E-state index in [0.29, 0.717) is 26.5 Å². The molecule has 0 aliphatic rings. The SMILES string of the molecule is COC(=O)c1sc2nc(CC#N)[nH]c(=O)c2c1C. The highest BCUT2D eigenvalue weighted by molar-refractivity contribution is 7.20. The molecule has 0 spiro atoms. The Bertz CT molecular complexity index is 723. The molecule has 0 aliphatic heterocycles. The predicted octanol–water partition coefficient (Wildman–Crippen LogP) is 1.15. The van der Waals surface area contributed by atoms with E-state index in [1.807, 2.05) is 6.07 Å². The van der Waals surface area contributed by atoms with Crippen molar-refractivity contribution in [3.05, 3.63) is 26.6 Å². The van der Waals surface area contributed by atoms with Crippen LogP contribution in [-0.4, -0.2) is 23.0 Å². The monoisotopic (exact) mass is 263 g/mol. The number of esters is 1. The Morgan fingerprint density at radius 1 is 1.61 bits per heavy atom. The fraction of sp³-hybridized carbons (Fsp3) is 0.273. The average molecular weight is 263 g/mol. The number of carbonyl (C=O) groups is 1. The van der Waals surface area contributed by atoms with Gasteiger partial charge in [-0.2, -0.15) is 5.26 Å². The van der Waals surface area contributed by atoms with E-state index in [1.165, 1.54) is 7.11 Å². The first-order chi connectivity index (χ1) is 8.58. The number of hydrogen-bond acceptors (Lipinski definition) is 6. The minimum absolute atomic E-state index is 0.0235. The van der Waals surface area contributed by atoms with Crippen LogP contribution >= 0.6 is 11.3 Å². The van der Waals surface area contributed by atoms with E-state index >= 15 is 0 Å². The molecule has 0 saturated heterocycles. The van der Waals surface area contributed by atoms with Gasteiger partial charge in [-0.1, -0.05) is 0 Å². The zero-order valence-electron chi connectivity index (χ0n) is 9.73. The smallest absolute Gasteiger partial charge is 0.348 e. The van der Waals surface area contributed by atoms with E-state index in [1.54, 1.807) is 6.92 Å². The third-order valence-electron chi connectivity index (χ3n) is 2.47. The fourth-order valence-corrected chi connectivity index (χ4v) is 2.75. The highest BCUT2D eigenvalue weighted by Crippen LogP contribution is 2.27. The zero-order valence-corrected chi connectivity index (χ0v) is 10.6. The number of nitrogens with zero attached hydrogens (tertiary/aromatic N) is 2. The Morgan fingerprint density at radius 3 is 2.94 bits per heavy atom. The number of rotatable bonds is 2. The van der Waals surface area contributed by atoms with Crippen LogP contribution in [0.1, 0.15) is 21.1 Å². The van der Waals surface area contributed by atoms with Gasteiger partial charge in [0.15, 0.2) is 0 Å². The van der Waals surface area contributed by atoms with E-state index in [-0.39, 0.29) is 12.0 Å². The van der Waals surface area contributed by atoms with Crippen LogP contribution in [-0.2, 0) is 11.2 Å². The number of H-pyrrole nitrogens is 1. The summed E-state index contributed by atoms with van der Waals surface area (Å²) in [5, 5.41) is 8.96. The molecule has 0 amide bonds. The van der Waals surface area contributed by atoms with Crippen molar-refractivity contribution in [1.82, 2.24) is 9.97 Å². The molecule has 18 heavy (non-hydrogen) atoms. The van der Waals surface area contributed by atoms with Crippen molar-refractivity contribution in [2.45, 2.75) is 13.3 Å². The normalized spacial score (nSPS) is 10.3. The maximum atomic E-state index is 11.9. The second-order valence-electron chi connectivity index (χ2n) is 3.58. The molecule has 0 unspecified atom stereocenters. The molecule has 1 N–H and O–H groups in total. The molecular formula is C11H9N3O3S. The number of aromatic nitrogens is 2. The molecule has 0 bridgehead atoms. The maximum absolute atomic E-state index is 11.9. The van der Waals surface area contributed by atoms with Crippen molar-refractivity contribution >= 4 is 27.5 Å². The average Bonchev–Trinajstić information content (AvgIpc) is 2.66. The van der Waals surface area contributed by atoms with Gasteiger partial charge in [0.25, 0.3) is 5.56 Å². The molecule has 0 radical (unpaired) electrons. The molecule has 2 rings (SSSR count). The largest absolute Gasteiger partial charge is 0.465 e. The van der Waals surface area contributed by atoms with Crippen LogP contribution < -0.4 is 5.56 Å². The lowest BCUT2D eigenvalue weighted by Crippen LogP contribution is -2.11. The van der Waals surface area contributed by atoms with Gasteiger partial charge in [-0.25, -0.2) is 9.78 Å². The number of ether oxygens (including phenoxy) is 1. The van der Waals surface area contributed by atoms with E-state index in [2.05, 4.69) is 14.7 Å². The van der Waals surface area contributed by atoms with Gasteiger partial charge >= 0.3 is 5.97 Å². The fourth-order valence-electron chi connectivity index (χ4n) is 1.63. The first-order valence-electron chi connectivity index (χ1n) is 5.06. The summed E-state index contributed by atoms with van der Waals surface area (Å²) in [5.41, 5.74) is 0.216. The van der Waals surface area contributed by atoms with E-state index < -0.39 is 5.97 Å². The number of aromatic amines is 1. The molecular weight excluding hydrogens is 254 g/mol. The van der Waals surface area contributed by atoms with E-state index in [0.717, 1.165) is 11.3 Å². The van der Waals surface area contributed by atoms with Gasteiger partial charge in [-0.15, -0.1) is 11.3 Å². The molecule has 2 aromatic heterocycles. The van der Waals surface area contributed by atoms with Crippen molar-refractivity contribution in [1.29, 1.82) is 5.26 Å². The molecule has 0 saturated carbocycles. The summed E-state index contributed by atoms with van der Waals surface area (Å²) < 4.78 is 4.64. The van der Waals surface area contributed by atoms with Crippen LogP contribution in [0.25, 0.3) is 10.2 Å². The highest BCUT2D eigenvalue weighted by Gasteiger charge is 2.19. The van der Waals surface area contributed by atoms with Gasteiger partial charge in [-0.3, -0.25) is 4.79 Å². The van der Waals surface area contributed by atoms with Crippen LogP contribution in [0.4, 0.5) is 0 Å². The van der Waals surface area contributed by atoms with E-state index in [9.17, 15) is 9.59 Å². The summed E-state index contributed by atoms with van der Waals surface area (Å²) in [6.07, 6.45) is 0.0235. The molecule has 2 heterocycles. The third kappa shape index (κ3) is 1.87. The molecule has 7 heteroatoms. The number of nitriles is 1. The minimum Gasteiger partial charge on any atom is -0.465 e. The molecule has 0 atom stereocenters. The number of nitrogens with one attached hydrogen (secondary N) is 1. The summed E-state index contributed by atoms with van der Waals surface area (Å²) in [6.45, 7) is 1.67. The van der Waals surface area contributed by atoms with Gasteiger partial charge in [-0.05, 0) is 12.5 Å². The summed E-state index contributed by atoms with van der Waals surface area (Å²) in [7, 11) is 1.28. The second kappa shape index (κ2) is 4.58. The Balaban J connectivity index is 2.73. The lowest BCUT2D eigenvalue weighted by molar-refractivity contribution is 0.0605. The molecule has 0 aliphatic carbocycles. The first-order valence-corrected chi connectivity index (χ1v) is 5.87. The van der Waals surface area contributed by atoms with Crippen LogP contribution in [0.2, 0.25) is 0 Å². The lowest BCUT2D eigenvalue weighted by Gasteiger charge is -1.96. The molecule has 2 aromatic rings. The maximum Gasteiger partial charge on any atom is 0.348 e. The summed E-state index contributed by atoms with van der Waals surface area (Å²) >= 11 is 1.10. The Morgan fingerprint density at radius 2 is 2.33 bits per heavy atom. The van der Waals surface area contributed by atoms with Crippen molar-refractivity contribution in [2.24, 2.45) is 0 Å². The number of aryl methyl sites for hydroxylation is 1. The van der Waals surface area contributed by atoms with Crippen molar-refractivity contribution < 1.29 is 9.53 Å². The Labute approximate surface area is 106 Å². The predicted molar refractivity (Wildman–Crippen MR) is 65.6 cm³/mol. The standard InChI is InChI=1S/C11H9N3O3S/c1-5-7-9(15)13-6(3-4-12)14-10(7)18-8(5)11(16)17-2/h3H2,1-2H3,(H,13,14,15). The van der Waals surface area contributed by atoms with Gasteiger partial charge in [0.2, 0.25) is 0 Å². The zero-order chi connectivity index (χ0) is 13.3. The number of hydrogen-bond donors (Lipinski definition) is 1. The number of methoxy groups -OCH3 is 1. The Kier molecular flexibility index (Phi) is 3.12. The molecule has 92 valence electrons. The summed E-state index contributed by atoms with van der Waals surface area (Å²) in [5.74, 6) is -0.190. The van der Waals surface area contributed by atoms with Crippen LogP contribution in [0.15, 0.2) is 4.79 Å². The van der Waals surface area contributed by atoms with Crippen LogP contribution in [0.5, 0.6) is 0 Å². The van der Waals surface area contributed by atoms with Crippen molar-refractivity contribution in [3.8, 4) is 6.07 Å². The Hall–Kier alpha value is -2.20. The van der Waals surface area contributed by atoms with Crippen molar-refractivity contribution in [3.63, 3.8) is 0 Å². The van der Waals surface area contributed by atoms with Crippen molar-refractivity contribution in [2.75, 3.05) is 7.11 Å². The number of fused-ring (bicyclic) bond motifs is 1. The third-order valence-corrected chi connectivity index (χ3v) is 3.63. The lowest BCUT2D eigenvalue weighted by atomic mass is 10.2. The van der Waals surface area contributed by atoms with Gasteiger partial charge < -0.3 is 9.72 Å². The van der Waals surface area contributed by atoms with Crippen LogP contribution in [0.3, 0.4) is 0 Å². The van der Waals surface area contributed by atoms with Gasteiger partial charge in [0.05, 0.1) is 25.0 Å². The summed E-state index contributed by atoms with van der Waals surface area (Å²) in [6, 6.07) is 1.91. The minimum atomic E-state index is -0.489. The van der Waals surface area contributed by atoms with Gasteiger partial charge in [0, 0.05) is 0 Å². The number of thiophene rings is 1. The molecule has 0 fully saturated rings. The highest BCUT2D eigenvalue weighted by atomic mass is 32.1. The topological polar surface area (TPSA) is 95.8 Å².